The van der Waals surface area contributed by atoms with Gasteiger partial charge in [-0.15, -0.1) is 0 Å². The van der Waals surface area contributed by atoms with E-state index in [9.17, 15) is 4.79 Å². The summed E-state index contributed by atoms with van der Waals surface area (Å²) in [6.07, 6.45) is 3.60. The van der Waals surface area contributed by atoms with Gasteiger partial charge in [0.1, 0.15) is 11.5 Å². The van der Waals surface area contributed by atoms with Crippen LogP contribution in [0.4, 0.5) is 5.82 Å². The number of hydrogen-bond donors (Lipinski definition) is 1. The molecule has 0 aliphatic carbocycles. The van der Waals surface area contributed by atoms with E-state index in [0.717, 1.165) is 48.9 Å². The minimum atomic E-state index is -0.173. The molecule has 0 spiro atoms. The number of morpholine rings is 1. The van der Waals surface area contributed by atoms with Crippen LogP contribution in [-0.4, -0.2) is 47.0 Å². The second-order valence-electron chi connectivity index (χ2n) is 7.84. The molecule has 7 nitrogen and oxygen atoms in total. The molecule has 0 bridgehead atoms. The lowest BCUT2D eigenvalue weighted by molar-refractivity contribution is 0.0951. The minimum Gasteiger partial charge on any atom is -0.378 e. The molecular weight excluding hydrogens is 414 g/mol. The monoisotopic (exact) mass is 439 g/mol. The molecule has 166 valence electrons. The first-order chi connectivity index (χ1) is 16.3. The molecule has 0 radical (unpaired) electrons. The van der Waals surface area contributed by atoms with Crippen molar-refractivity contribution in [3.05, 3.63) is 96.3 Å². The third-order valence-electron chi connectivity index (χ3n) is 5.62. The summed E-state index contributed by atoms with van der Waals surface area (Å²) in [6.45, 7) is 3.52. The van der Waals surface area contributed by atoms with Gasteiger partial charge in [0.25, 0.3) is 5.91 Å². The zero-order valence-corrected chi connectivity index (χ0v) is 18.2. The van der Waals surface area contributed by atoms with Crippen molar-refractivity contribution in [2.75, 3.05) is 31.2 Å². The SMILES string of the molecule is O=C(NCc1ccc(N2CCOCC2)nc1)c1cn(-c2ccccc2)nc1-c1ccccc1. The zero-order valence-electron chi connectivity index (χ0n) is 18.2. The first kappa shape index (κ1) is 20.9. The summed E-state index contributed by atoms with van der Waals surface area (Å²) in [7, 11) is 0. The second-order valence-corrected chi connectivity index (χ2v) is 7.84. The molecule has 2 aromatic carbocycles. The molecule has 4 aromatic rings. The van der Waals surface area contributed by atoms with E-state index < -0.39 is 0 Å². The lowest BCUT2D eigenvalue weighted by Crippen LogP contribution is -2.36. The molecule has 3 heterocycles. The summed E-state index contributed by atoms with van der Waals surface area (Å²) >= 11 is 0. The van der Waals surface area contributed by atoms with Crippen LogP contribution in [0.15, 0.2) is 85.2 Å². The second kappa shape index (κ2) is 9.67. The molecule has 2 aromatic heterocycles. The average Bonchev–Trinajstić information content (AvgIpc) is 3.35. The van der Waals surface area contributed by atoms with E-state index in [1.165, 1.54) is 0 Å². The first-order valence-electron chi connectivity index (χ1n) is 11.0. The number of para-hydroxylation sites is 1. The molecule has 5 rings (SSSR count). The number of ether oxygens (including phenoxy) is 1. The number of aromatic nitrogens is 3. The van der Waals surface area contributed by atoms with Gasteiger partial charge in [0, 0.05) is 37.6 Å². The van der Waals surface area contributed by atoms with E-state index in [0.29, 0.717) is 17.8 Å². The summed E-state index contributed by atoms with van der Waals surface area (Å²) in [4.78, 5) is 19.9. The summed E-state index contributed by atoms with van der Waals surface area (Å²) in [5.74, 6) is 0.761. The summed E-state index contributed by atoms with van der Waals surface area (Å²) in [5, 5.41) is 7.74. The number of hydrogen-bond acceptors (Lipinski definition) is 5. The fourth-order valence-corrected chi connectivity index (χ4v) is 3.84. The Morgan fingerprint density at radius 1 is 0.939 bits per heavy atom. The molecule has 1 saturated heterocycles. The Bertz CT molecular complexity index is 1200. The maximum absolute atomic E-state index is 13.2. The molecule has 0 atom stereocenters. The lowest BCUT2D eigenvalue weighted by Gasteiger charge is -2.27. The van der Waals surface area contributed by atoms with Gasteiger partial charge in [-0.1, -0.05) is 54.6 Å². The lowest BCUT2D eigenvalue weighted by atomic mass is 10.1. The number of carbonyl (C=O) groups excluding carboxylic acids is 1. The quantitative estimate of drug-likeness (QED) is 0.496. The van der Waals surface area contributed by atoms with E-state index in [2.05, 4.69) is 15.2 Å². The van der Waals surface area contributed by atoms with Gasteiger partial charge in [0.2, 0.25) is 0 Å². The number of nitrogens with zero attached hydrogens (tertiary/aromatic N) is 4. The number of rotatable bonds is 6. The van der Waals surface area contributed by atoms with E-state index in [1.807, 2.05) is 79.0 Å². The van der Waals surface area contributed by atoms with Crippen LogP contribution < -0.4 is 10.2 Å². The zero-order chi connectivity index (χ0) is 22.5. The smallest absolute Gasteiger partial charge is 0.255 e. The van der Waals surface area contributed by atoms with Crippen LogP contribution in [0.3, 0.4) is 0 Å². The van der Waals surface area contributed by atoms with Crippen molar-refractivity contribution in [2.45, 2.75) is 6.54 Å². The number of anilines is 1. The molecular formula is C26H25N5O2. The van der Waals surface area contributed by atoms with Gasteiger partial charge >= 0.3 is 0 Å². The fourth-order valence-electron chi connectivity index (χ4n) is 3.84. The Morgan fingerprint density at radius 2 is 1.67 bits per heavy atom. The van der Waals surface area contributed by atoms with Crippen molar-refractivity contribution in [3.8, 4) is 16.9 Å². The minimum absolute atomic E-state index is 0.173. The Balaban J connectivity index is 1.34. The first-order valence-corrected chi connectivity index (χ1v) is 11.0. The molecule has 33 heavy (non-hydrogen) atoms. The summed E-state index contributed by atoms with van der Waals surface area (Å²) in [5.41, 5.74) is 3.92. The number of amides is 1. The number of benzene rings is 2. The Kier molecular flexibility index (Phi) is 6.12. The predicted octanol–water partition coefficient (Wildman–Crippen LogP) is 3.70. The molecule has 0 unspecified atom stereocenters. The molecule has 1 aliphatic heterocycles. The number of pyridine rings is 1. The van der Waals surface area contributed by atoms with E-state index in [1.54, 1.807) is 10.9 Å². The Hall–Kier alpha value is -3.97. The number of carbonyl (C=O) groups is 1. The van der Waals surface area contributed by atoms with Gasteiger partial charge in [-0.25, -0.2) is 9.67 Å². The third-order valence-corrected chi connectivity index (χ3v) is 5.62. The molecule has 1 N–H and O–H groups in total. The van der Waals surface area contributed by atoms with Crippen molar-refractivity contribution >= 4 is 11.7 Å². The molecule has 1 aliphatic rings. The van der Waals surface area contributed by atoms with E-state index in [-0.39, 0.29) is 5.91 Å². The standard InChI is InChI=1S/C26H25N5O2/c32-26(28-18-20-11-12-24(27-17-20)30-13-15-33-16-14-30)23-19-31(22-9-5-2-6-10-22)29-25(23)21-7-3-1-4-8-21/h1-12,17,19H,13-16,18H2,(H,28,32). The van der Waals surface area contributed by atoms with Gasteiger partial charge in [-0.2, -0.15) is 5.10 Å². The third kappa shape index (κ3) is 4.78. The summed E-state index contributed by atoms with van der Waals surface area (Å²) < 4.78 is 7.15. The molecule has 1 fully saturated rings. The normalized spacial score (nSPS) is 13.6. The van der Waals surface area contributed by atoms with Crippen LogP contribution in [0.5, 0.6) is 0 Å². The van der Waals surface area contributed by atoms with Crippen LogP contribution in [0.2, 0.25) is 0 Å². The van der Waals surface area contributed by atoms with Crippen LogP contribution in [0.25, 0.3) is 16.9 Å². The number of nitrogens with one attached hydrogen (secondary N) is 1. The van der Waals surface area contributed by atoms with E-state index >= 15 is 0 Å². The van der Waals surface area contributed by atoms with Gasteiger partial charge in [-0.3, -0.25) is 4.79 Å². The molecule has 0 saturated carbocycles. The molecule has 1 amide bonds. The predicted molar refractivity (Wildman–Crippen MR) is 127 cm³/mol. The van der Waals surface area contributed by atoms with Gasteiger partial charge < -0.3 is 15.0 Å². The van der Waals surface area contributed by atoms with Gasteiger partial charge in [0.15, 0.2) is 0 Å². The maximum Gasteiger partial charge on any atom is 0.255 e. The Labute approximate surface area is 192 Å². The van der Waals surface area contributed by atoms with Crippen molar-refractivity contribution in [1.82, 2.24) is 20.1 Å². The highest BCUT2D eigenvalue weighted by Gasteiger charge is 2.19. The topological polar surface area (TPSA) is 72.3 Å². The van der Waals surface area contributed by atoms with Crippen LogP contribution in [0, 0.1) is 0 Å². The highest BCUT2D eigenvalue weighted by Crippen LogP contribution is 2.24. The van der Waals surface area contributed by atoms with Crippen LogP contribution >= 0.6 is 0 Å². The highest BCUT2D eigenvalue weighted by atomic mass is 16.5. The molecule has 7 heteroatoms. The summed E-state index contributed by atoms with van der Waals surface area (Å²) in [6, 6.07) is 23.5. The van der Waals surface area contributed by atoms with Crippen LogP contribution in [-0.2, 0) is 11.3 Å². The Morgan fingerprint density at radius 3 is 2.36 bits per heavy atom. The highest BCUT2D eigenvalue weighted by molar-refractivity contribution is 5.99. The van der Waals surface area contributed by atoms with Gasteiger partial charge in [0.05, 0.1) is 24.5 Å². The van der Waals surface area contributed by atoms with Crippen molar-refractivity contribution in [1.29, 1.82) is 0 Å². The van der Waals surface area contributed by atoms with Crippen molar-refractivity contribution < 1.29 is 9.53 Å². The van der Waals surface area contributed by atoms with E-state index in [4.69, 9.17) is 9.84 Å². The largest absolute Gasteiger partial charge is 0.378 e. The van der Waals surface area contributed by atoms with Crippen molar-refractivity contribution in [3.63, 3.8) is 0 Å². The van der Waals surface area contributed by atoms with Crippen molar-refractivity contribution in [2.24, 2.45) is 0 Å². The fraction of sp³-hybridized carbons (Fsp3) is 0.192. The average molecular weight is 440 g/mol. The maximum atomic E-state index is 13.2. The van der Waals surface area contributed by atoms with Gasteiger partial charge in [-0.05, 0) is 23.8 Å². The van der Waals surface area contributed by atoms with Crippen LogP contribution in [0.1, 0.15) is 15.9 Å².